The summed E-state index contributed by atoms with van der Waals surface area (Å²) in [7, 11) is 0. The highest BCUT2D eigenvalue weighted by molar-refractivity contribution is 5.06. The fourth-order valence-corrected chi connectivity index (χ4v) is 5.96. The van der Waals surface area contributed by atoms with E-state index in [4.69, 9.17) is 4.42 Å². The van der Waals surface area contributed by atoms with Crippen LogP contribution in [0.5, 0.6) is 0 Å². The molecular weight excluding hydrogens is 260 g/mol. The van der Waals surface area contributed by atoms with Gasteiger partial charge in [0, 0.05) is 6.04 Å². The van der Waals surface area contributed by atoms with Gasteiger partial charge in [0.25, 0.3) is 0 Å². The molecule has 4 saturated carbocycles. The zero-order chi connectivity index (χ0) is 14.4. The molecule has 21 heavy (non-hydrogen) atoms. The first-order valence-corrected chi connectivity index (χ1v) is 8.84. The smallest absolute Gasteiger partial charge is 0.211 e. The van der Waals surface area contributed by atoms with E-state index in [1.807, 2.05) is 0 Å². The summed E-state index contributed by atoms with van der Waals surface area (Å²) in [6.45, 7) is 4.63. The topological polar surface area (TPSA) is 38.1 Å². The zero-order valence-electron chi connectivity index (χ0n) is 13.3. The van der Waals surface area contributed by atoms with E-state index in [1.165, 1.54) is 38.5 Å². The second kappa shape index (κ2) is 5.12. The van der Waals surface area contributed by atoms with Crippen LogP contribution >= 0.6 is 0 Å². The van der Waals surface area contributed by atoms with E-state index in [0.29, 0.717) is 11.5 Å². The van der Waals surface area contributed by atoms with Gasteiger partial charge in [0.05, 0.1) is 12.2 Å². The molecule has 1 aromatic rings. The Hall–Kier alpha value is -0.830. The van der Waals surface area contributed by atoms with Gasteiger partial charge in [-0.25, -0.2) is 4.98 Å². The standard InChI is InChI=1S/C18H28N2O/c1-3-16(17-19-4-5-21-17)20-12(2)18-9-13-6-14(10-18)8-15(7-13)11-18/h4-5,12-16,20H,3,6-11H2,1-2H3. The highest BCUT2D eigenvalue weighted by Crippen LogP contribution is 2.61. The molecule has 0 radical (unpaired) electrons. The second-order valence-corrected chi connectivity index (χ2v) is 8.00. The SMILES string of the molecule is CCC(NC(C)C12CC3CC(CC(C3)C1)C2)c1ncco1. The number of oxazole rings is 1. The summed E-state index contributed by atoms with van der Waals surface area (Å²) in [5.74, 6) is 3.90. The molecule has 4 bridgehead atoms. The lowest BCUT2D eigenvalue weighted by Crippen LogP contribution is -2.55. The first-order chi connectivity index (χ1) is 10.2. The van der Waals surface area contributed by atoms with Crippen LogP contribution in [-0.2, 0) is 0 Å². The molecule has 3 heteroatoms. The maximum Gasteiger partial charge on any atom is 0.211 e. The van der Waals surface area contributed by atoms with E-state index in [0.717, 1.165) is 30.1 Å². The van der Waals surface area contributed by atoms with Gasteiger partial charge in [-0.3, -0.25) is 0 Å². The van der Waals surface area contributed by atoms with Crippen LogP contribution in [0.15, 0.2) is 16.9 Å². The Labute approximate surface area is 127 Å². The quantitative estimate of drug-likeness (QED) is 0.877. The lowest BCUT2D eigenvalue weighted by Gasteiger charge is -2.59. The van der Waals surface area contributed by atoms with E-state index >= 15 is 0 Å². The van der Waals surface area contributed by atoms with E-state index in [9.17, 15) is 0 Å². The monoisotopic (exact) mass is 288 g/mol. The Kier molecular flexibility index (Phi) is 3.36. The minimum atomic E-state index is 0.267. The second-order valence-electron chi connectivity index (χ2n) is 8.00. The number of aromatic nitrogens is 1. The zero-order valence-corrected chi connectivity index (χ0v) is 13.3. The van der Waals surface area contributed by atoms with Gasteiger partial charge < -0.3 is 9.73 Å². The molecule has 4 aliphatic rings. The molecule has 2 unspecified atom stereocenters. The molecule has 0 aliphatic heterocycles. The molecule has 0 amide bonds. The molecule has 0 saturated heterocycles. The lowest BCUT2D eigenvalue weighted by molar-refractivity contribution is -0.0727. The number of hydrogen-bond acceptors (Lipinski definition) is 3. The van der Waals surface area contributed by atoms with Gasteiger partial charge in [0.1, 0.15) is 6.26 Å². The van der Waals surface area contributed by atoms with Crippen molar-refractivity contribution in [3.05, 3.63) is 18.4 Å². The number of hydrogen-bond donors (Lipinski definition) is 1. The Morgan fingerprint density at radius 2 is 1.86 bits per heavy atom. The van der Waals surface area contributed by atoms with Crippen LogP contribution in [-0.4, -0.2) is 11.0 Å². The minimum Gasteiger partial charge on any atom is -0.447 e. The predicted octanol–water partition coefficient (Wildman–Crippen LogP) is 4.32. The van der Waals surface area contributed by atoms with Gasteiger partial charge in [-0.05, 0) is 75.0 Å². The van der Waals surface area contributed by atoms with Gasteiger partial charge in [0.2, 0.25) is 5.89 Å². The van der Waals surface area contributed by atoms with Gasteiger partial charge in [-0.1, -0.05) is 6.92 Å². The van der Waals surface area contributed by atoms with Crippen LogP contribution in [0, 0.1) is 23.2 Å². The summed E-state index contributed by atoms with van der Waals surface area (Å²) in [4.78, 5) is 4.36. The summed E-state index contributed by atoms with van der Waals surface area (Å²) < 4.78 is 5.53. The van der Waals surface area contributed by atoms with Gasteiger partial charge in [-0.2, -0.15) is 0 Å². The first kappa shape index (κ1) is 13.8. The summed E-state index contributed by atoms with van der Waals surface area (Å²) in [6.07, 6.45) is 13.4. The predicted molar refractivity (Wildman–Crippen MR) is 82.7 cm³/mol. The average molecular weight is 288 g/mol. The third-order valence-electron chi connectivity index (χ3n) is 6.61. The van der Waals surface area contributed by atoms with Gasteiger partial charge in [-0.15, -0.1) is 0 Å². The molecule has 1 N–H and O–H groups in total. The number of rotatable bonds is 5. The number of nitrogens with one attached hydrogen (secondary N) is 1. The van der Waals surface area contributed by atoms with E-state index < -0.39 is 0 Å². The van der Waals surface area contributed by atoms with Crippen LogP contribution in [0.25, 0.3) is 0 Å². The molecular formula is C18H28N2O. The van der Waals surface area contributed by atoms with Crippen molar-refractivity contribution in [1.82, 2.24) is 10.3 Å². The summed E-state index contributed by atoms with van der Waals surface area (Å²) in [5, 5.41) is 3.87. The molecule has 1 heterocycles. The molecule has 2 atom stereocenters. The molecule has 4 aliphatic carbocycles. The maximum atomic E-state index is 5.53. The van der Waals surface area contributed by atoms with Crippen molar-refractivity contribution in [2.75, 3.05) is 0 Å². The van der Waals surface area contributed by atoms with Crippen molar-refractivity contribution >= 4 is 0 Å². The van der Waals surface area contributed by atoms with E-state index in [-0.39, 0.29) is 6.04 Å². The van der Waals surface area contributed by atoms with Crippen molar-refractivity contribution in [2.24, 2.45) is 23.2 Å². The summed E-state index contributed by atoms with van der Waals surface area (Å²) in [6, 6.07) is 0.839. The van der Waals surface area contributed by atoms with E-state index in [1.54, 1.807) is 12.5 Å². The highest BCUT2D eigenvalue weighted by atomic mass is 16.3. The van der Waals surface area contributed by atoms with Gasteiger partial charge in [0.15, 0.2) is 0 Å². The molecule has 0 aromatic carbocycles. The molecule has 1 aromatic heterocycles. The Balaban J connectivity index is 1.50. The van der Waals surface area contributed by atoms with Crippen molar-refractivity contribution in [3.63, 3.8) is 0 Å². The summed E-state index contributed by atoms with van der Waals surface area (Å²) in [5.41, 5.74) is 0.550. The van der Waals surface area contributed by atoms with Crippen molar-refractivity contribution in [3.8, 4) is 0 Å². The van der Waals surface area contributed by atoms with Crippen LogP contribution < -0.4 is 5.32 Å². The molecule has 3 nitrogen and oxygen atoms in total. The third-order valence-corrected chi connectivity index (χ3v) is 6.61. The van der Waals surface area contributed by atoms with Crippen molar-refractivity contribution < 1.29 is 4.42 Å². The maximum absolute atomic E-state index is 5.53. The van der Waals surface area contributed by atoms with Crippen LogP contribution in [0.4, 0.5) is 0 Å². The first-order valence-electron chi connectivity index (χ1n) is 8.84. The van der Waals surface area contributed by atoms with Crippen LogP contribution in [0.2, 0.25) is 0 Å². The molecule has 5 rings (SSSR count). The third kappa shape index (κ3) is 2.34. The fourth-order valence-electron chi connectivity index (χ4n) is 5.96. The van der Waals surface area contributed by atoms with Gasteiger partial charge >= 0.3 is 0 Å². The molecule has 4 fully saturated rings. The van der Waals surface area contributed by atoms with Crippen LogP contribution in [0.1, 0.15) is 70.7 Å². The Bertz CT molecular complexity index is 446. The number of nitrogens with zero attached hydrogens (tertiary/aromatic N) is 1. The van der Waals surface area contributed by atoms with Crippen LogP contribution in [0.3, 0.4) is 0 Å². The Morgan fingerprint density at radius 3 is 2.33 bits per heavy atom. The Morgan fingerprint density at radius 1 is 1.24 bits per heavy atom. The summed E-state index contributed by atoms with van der Waals surface area (Å²) >= 11 is 0. The molecule has 0 spiro atoms. The highest BCUT2D eigenvalue weighted by Gasteiger charge is 2.53. The van der Waals surface area contributed by atoms with Crippen molar-refractivity contribution in [2.45, 2.75) is 70.9 Å². The van der Waals surface area contributed by atoms with E-state index in [2.05, 4.69) is 24.1 Å². The molecule has 116 valence electrons. The normalized spacial score (nSPS) is 40.4. The lowest BCUT2D eigenvalue weighted by atomic mass is 9.48. The fraction of sp³-hybridized carbons (Fsp3) is 0.833. The van der Waals surface area contributed by atoms with Crippen molar-refractivity contribution in [1.29, 1.82) is 0 Å². The average Bonchev–Trinajstić information content (AvgIpc) is 2.97. The largest absolute Gasteiger partial charge is 0.447 e. The minimum absolute atomic E-state index is 0.267.